The third-order valence-electron chi connectivity index (χ3n) is 4.58. The number of nitrogens with zero attached hydrogens (tertiary/aromatic N) is 2. The fraction of sp³-hybridized carbons (Fsp3) is 0.941. The standard InChI is InChI=1S/C17H34N4O.HI/c1-14(2)12-16(21-8-10-22-11-9-21)13-20-17(18-3)19-7-6-15-4-5-15;/h14-16H,4-13H2,1-3H3,(H2,18,19,20);1H. The molecule has 1 heterocycles. The molecular weight excluding hydrogens is 403 g/mol. The molecule has 0 aromatic carbocycles. The van der Waals surface area contributed by atoms with E-state index in [2.05, 4.69) is 34.4 Å². The van der Waals surface area contributed by atoms with Gasteiger partial charge in [-0.2, -0.15) is 0 Å². The molecule has 2 fully saturated rings. The van der Waals surface area contributed by atoms with E-state index in [1.165, 1.54) is 25.7 Å². The highest BCUT2D eigenvalue weighted by molar-refractivity contribution is 14.0. The normalized spacial score (nSPS) is 21.0. The second kappa shape index (κ2) is 11.5. The molecule has 23 heavy (non-hydrogen) atoms. The molecule has 1 aliphatic heterocycles. The van der Waals surface area contributed by atoms with E-state index in [0.717, 1.165) is 51.3 Å². The summed E-state index contributed by atoms with van der Waals surface area (Å²) >= 11 is 0. The summed E-state index contributed by atoms with van der Waals surface area (Å²) in [6.07, 6.45) is 5.33. The number of nitrogens with one attached hydrogen (secondary N) is 2. The maximum atomic E-state index is 5.48. The van der Waals surface area contributed by atoms with Gasteiger partial charge in [-0.25, -0.2) is 0 Å². The summed E-state index contributed by atoms with van der Waals surface area (Å²) in [5.74, 6) is 2.62. The van der Waals surface area contributed by atoms with E-state index in [9.17, 15) is 0 Å². The monoisotopic (exact) mass is 438 g/mol. The first-order valence-corrected chi connectivity index (χ1v) is 8.95. The van der Waals surface area contributed by atoms with Crippen molar-refractivity contribution in [3.05, 3.63) is 0 Å². The number of hydrogen-bond acceptors (Lipinski definition) is 3. The summed E-state index contributed by atoms with van der Waals surface area (Å²) < 4.78 is 5.48. The van der Waals surface area contributed by atoms with Gasteiger partial charge in [0.2, 0.25) is 0 Å². The number of halogens is 1. The van der Waals surface area contributed by atoms with Crippen LogP contribution in [0.15, 0.2) is 4.99 Å². The zero-order chi connectivity index (χ0) is 15.8. The number of hydrogen-bond donors (Lipinski definition) is 2. The fourth-order valence-electron chi connectivity index (χ4n) is 3.08. The van der Waals surface area contributed by atoms with Crippen molar-refractivity contribution in [1.82, 2.24) is 15.5 Å². The molecular formula is C17H35IN4O. The predicted molar refractivity (Wildman–Crippen MR) is 108 cm³/mol. The van der Waals surface area contributed by atoms with Crippen molar-refractivity contribution in [1.29, 1.82) is 0 Å². The Kier molecular flexibility index (Phi) is 10.5. The summed E-state index contributed by atoms with van der Waals surface area (Å²) in [5.41, 5.74) is 0. The van der Waals surface area contributed by atoms with Crippen LogP contribution in [0.2, 0.25) is 0 Å². The first kappa shape index (κ1) is 21.0. The van der Waals surface area contributed by atoms with Crippen molar-refractivity contribution in [2.75, 3.05) is 46.4 Å². The Bertz CT molecular complexity index is 341. The highest BCUT2D eigenvalue weighted by Crippen LogP contribution is 2.31. The molecule has 1 saturated carbocycles. The molecule has 1 atom stereocenters. The number of aliphatic imine (C=N–C) groups is 1. The Morgan fingerprint density at radius 2 is 1.91 bits per heavy atom. The van der Waals surface area contributed by atoms with Crippen molar-refractivity contribution < 1.29 is 4.74 Å². The molecule has 1 saturated heterocycles. The molecule has 136 valence electrons. The van der Waals surface area contributed by atoms with E-state index in [4.69, 9.17) is 4.74 Å². The molecule has 2 N–H and O–H groups in total. The lowest BCUT2D eigenvalue weighted by Gasteiger charge is -2.35. The van der Waals surface area contributed by atoms with Gasteiger partial charge in [0.15, 0.2) is 5.96 Å². The highest BCUT2D eigenvalue weighted by atomic mass is 127. The van der Waals surface area contributed by atoms with Crippen LogP contribution in [0.25, 0.3) is 0 Å². The van der Waals surface area contributed by atoms with Gasteiger partial charge in [-0.3, -0.25) is 9.89 Å². The van der Waals surface area contributed by atoms with E-state index in [0.29, 0.717) is 12.0 Å². The van der Waals surface area contributed by atoms with Crippen LogP contribution in [0.4, 0.5) is 0 Å². The van der Waals surface area contributed by atoms with Crippen LogP contribution < -0.4 is 10.6 Å². The minimum atomic E-state index is 0. The van der Waals surface area contributed by atoms with Crippen LogP contribution in [0, 0.1) is 11.8 Å². The van der Waals surface area contributed by atoms with E-state index in [1.807, 2.05) is 7.05 Å². The van der Waals surface area contributed by atoms with Crippen LogP contribution in [-0.2, 0) is 4.74 Å². The van der Waals surface area contributed by atoms with Gasteiger partial charge >= 0.3 is 0 Å². The molecule has 0 aromatic heterocycles. The second-order valence-corrected chi connectivity index (χ2v) is 7.04. The van der Waals surface area contributed by atoms with E-state index in [-0.39, 0.29) is 24.0 Å². The van der Waals surface area contributed by atoms with Gasteiger partial charge in [-0.05, 0) is 24.7 Å². The van der Waals surface area contributed by atoms with Crippen LogP contribution in [-0.4, -0.2) is 63.3 Å². The summed E-state index contributed by atoms with van der Waals surface area (Å²) in [7, 11) is 1.86. The summed E-state index contributed by atoms with van der Waals surface area (Å²) in [6.45, 7) is 10.4. The molecule has 0 amide bonds. The van der Waals surface area contributed by atoms with Crippen LogP contribution in [0.1, 0.15) is 39.5 Å². The van der Waals surface area contributed by atoms with Gasteiger partial charge in [-0.15, -0.1) is 24.0 Å². The molecule has 1 unspecified atom stereocenters. The van der Waals surface area contributed by atoms with Crippen molar-refractivity contribution in [2.45, 2.75) is 45.6 Å². The first-order valence-electron chi connectivity index (χ1n) is 8.95. The van der Waals surface area contributed by atoms with Crippen molar-refractivity contribution in [2.24, 2.45) is 16.8 Å². The van der Waals surface area contributed by atoms with Gasteiger partial charge in [0, 0.05) is 39.3 Å². The van der Waals surface area contributed by atoms with E-state index in [1.54, 1.807) is 0 Å². The Morgan fingerprint density at radius 3 is 2.48 bits per heavy atom. The summed E-state index contributed by atoms with van der Waals surface area (Å²) in [5, 5.41) is 6.97. The minimum absolute atomic E-state index is 0. The van der Waals surface area contributed by atoms with Gasteiger partial charge in [0.25, 0.3) is 0 Å². The van der Waals surface area contributed by atoms with Crippen LogP contribution >= 0.6 is 24.0 Å². The smallest absolute Gasteiger partial charge is 0.191 e. The van der Waals surface area contributed by atoms with Gasteiger partial charge < -0.3 is 15.4 Å². The lowest BCUT2D eigenvalue weighted by Crippen LogP contribution is -2.51. The predicted octanol–water partition coefficient (Wildman–Crippen LogP) is 2.32. The van der Waals surface area contributed by atoms with Gasteiger partial charge in [0.05, 0.1) is 13.2 Å². The Labute approximate surface area is 159 Å². The molecule has 6 heteroatoms. The second-order valence-electron chi connectivity index (χ2n) is 7.04. The molecule has 1 aliphatic carbocycles. The van der Waals surface area contributed by atoms with Crippen LogP contribution in [0.5, 0.6) is 0 Å². The third kappa shape index (κ3) is 8.54. The van der Waals surface area contributed by atoms with Crippen molar-refractivity contribution >= 4 is 29.9 Å². The van der Waals surface area contributed by atoms with Crippen molar-refractivity contribution in [3.8, 4) is 0 Å². The average Bonchev–Trinajstić information content (AvgIpc) is 3.34. The molecule has 0 radical (unpaired) electrons. The van der Waals surface area contributed by atoms with Crippen molar-refractivity contribution in [3.63, 3.8) is 0 Å². The lowest BCUT2D eigenvalue weighted by molar-refractivity contribution is 0.0132. The van der Waals surface area contributed by atoms with Crippen LogP contribution in [0.3, 0.4) is 0 Å². The summed E-state index contributed by atoms with van der Waals surface area (Å²) in [4.78, 5) is 6.92. The lowest BCUT2D eigenvalue weighted by atomic mass is 10.0. The molecule has 0 aromatic rings. The molecule has 0 spiro atoms. The molecule has 2 rings (SSSR count). The van der Waals surface area contributed by atoms with E-state index < -0.39 is 0 Å². The average molecular weight is 438 g/mol. The number of guanidine groups is 1. The molecule has 2 aliphatic rings. The minimum Gasteiger partial charge on any atom is -0.379 e. The SMILES string of the molecule is CN=C(NCCC1CC1)NCC(CC(C)C)N1CCOCC1.I. The maximum absolute atomic E-state index is 5.48. The Hall–Kier alpha value is -0.0800. The first-order chi connectivity index (χ1) is 10.7. The zero-order valence-electron chi connectivity index (χ0n) is 15.0. The molecule has 5 nitrogen and oxygen atoms in total. The van der Waals surface area contributed by atoms with E-state index >= 15 is 0 Å². The van der Waals surface area contributed by atoms with Gasteiger partial charge in [-0.1, -0.05) is 26.7 Å². The Balaban J connectivity index is 0.00000264. The number of ether oxygens (including phenoxy) is 1. The number of rotatable bonds is 8. The topological polar surface area (TPSA) is 48.9 Å². The largest absolute Gasteiger partial charge is 0.379 e. The zero-order valence-corrected chi connectivity index (χ0v) is 17.3. The Morgan fingerprint density at radius 1 is 1.22 bits per heavy atom. The third-order valence-corrected chi connectivity index (χ3v) is 4.58. The highest BCUT2D eigenvalue weighted by Gasteiger charge is 2.23. The fourth-order valence-corrected chi connectivity index (χ4v) is 3.08. The quantitative estimate of drug-likeness (QED) is 0.347. The molecule has 0 bridgehead atoms. The maximum Gasteiger partial charge on any atom is 0.191 e. The number of morpholine rings is 1. The summed E-state index contributed by atoms with van der Waals surface area (Å²) in [6, 6.07) is 0.561. The van der Waals surface area contributed by atoms with Gasteiger partial charge in [0.1, 0.15) is 0 Å².